The fraction of sp³-hybridized carbons (Fsp3) is 0.909. The van der Waals surface area contributed by atoms with Gasteiger partial charge in [0.2, 0.25) is 0 Å². The highest BCUT2D eigenvalue weighted by Gasteiger charge is 2.42. The highest BCUT2D eigenvalue weighted by molar-refractivity contribution is 5.01. The van der Waals surface area contributed by atoms with Gasteiger partial charge in [-0.05, 0) is 38.5 Å². The van der Waals surface area contributed by atoms with Crippen molar-refractivity contribution in [1.29, 1.82) is 5.26 Å². The standard InChI is InChI=1S/C11H20N2/c1-4-10(2,3)13-9-11(5-6-11)7-8-12/h13H,4-7,9H2,1-3H3. The summed E-state index contributed by atoms with van der Waals surface area (Å²) in [5, 5.41) is 12.2. The van der Waals surface area contributed by atoms with Crippen molar-refractivity contribution in [2.75, 3.05) is 6.54 Å². The number of rotatable bonds is 5. The van der Waals surface area contributed by atoms with Gasteiger partial charge in [0, 0.05) is 18.5 Å². The molecule has 1 rings (SSSR count). The van der Waals surface area contributed by atoms with Gasteiger partial charge in [0.15, 0.2) is 0 Å². The van der Waals surface area contributed by atoms with Crippen LogP contribution in [0.5, 0.6) is 0 Å². The van der Waals surface area contributed by atoms with E-state index >= 15 is 0 Å². The van der Waals surface area contributed by atoms with E-state index in [0.29, 0.717) is 5.41 Å². The Kier molecular flexibility index (Phi) is 2.98. The number of hydrogen-bond donors (Lipinski definition) is 1. The monoisotopic (exact) mass is 180 g/mol. The van der Waals surface area contributed by atoms with E-state index in [1.807, 2.05) is 0 Å². The van der Waals surface area contributed by atoms with Crippen molar-refractivity contribution in [2.45, 2.75) is 52.0 Å². The lowest BCUT2D eigenvalue weighted by Crippen LogP contribution is -2.41. The minimum Gasteiger partial charge on any atom is -0.311 e. The Labute approximate surface area is 81.3 Å². The number of nitrogens with zero attached hydrogens (tertiary/aromatic N) is 1. The number of hydrogen-bond acceptors (Lipinski definition) is 2. The number of nitrogens with one attached hydrogen (secondary N) is 1. The molecule has 0 unspecified atom stereocenters. The van der Waals surface area contributed by atoms with Crippen LogP contribution in [0.25, 0.3) is 0 Å². The Bertz CT molecular complexity index is 209. The van der Waals surface area contributed by atoms with Crippen LogP contribution in [0.2, 0.25) is 0 Å². The van der Waals surface area contributed by atoms with Gasteiger partial charge in [0.1, 0.15) is 0 Å². The molecule has 0 amide bonds. The van der Waals surface area contributed by atoms with Crippen LogP contribution in [0.3, 0.4) is 0 Å². The van der Waals surface area contributed by atoms with Gasteiger partial charge in [0.25, 0.3) is 0 Å². The fourth-order valence-corrected chi connectivity index (χ4v) is 1.31. The summed E-state index contributed by atoms with van der Waals surface area (Å²) < 4.78 is 0. The molecule has 0 aromatic rings. The second-order valence-electron chi connectivity index (χ2n) is 4.93. The maximum absolute atomic E-state index is 8.65. The molecule has 1 N–H and O–H groups in total. The van der Waals surface area contributed by atoms with Crippen LogP contribution in [0.15, 0.2) is 0 Å². The molecule has 74 valence electrons. The topological polar surface area (TPSA) is 35.8 Å². The third-order valence-electron chi connectivity index (χ3n) is 3.24. The van der Waals surface area contributed by atoms with Crippen molar-refractivity contribution < 1.29 is 0 Å². The maximum Gasteiger partial charge on any atom is 0.0628 e. The smallest absolute Gasteiger partial charge is 0.0628 e. The first-order valence-electron chi connectivity index (χ1n) is 5.16. The van der Waals surface area contributed by atoms with Crippen molar-refractivity contribution >= 4 is 0 Å². The molecule has 1 aliphatic rings. The molecule has 0 heterocycles. The van der Waals surface area contributed by atoms with Gasteiger partial charge in [-0.15, -0.1) is 0 Å². The van der Waals surface area contributed by atoms with E-state index in [1.54, 1.807) is 0 Å². The van der Waals surface area contributed by atoms with Crippen LogP contribution in [-0.2, 0) is 0 Å². The van der Waals surface area contributed by atoms with E-state index in [0.717, 1.165) is 19.4 Å². The summed E-state index contributed by atoms with van der Waals surface area (Å²) >= 11 is 0. The summed E-state index contributed by atoms with van der Waals surface area (Å²) in [4.78, 5) is 0. The predicted molar refractivity (Wildman–Crippen MR) is 54.3 cm³/mol. The summed E-state index contributed by atoms with van der Waals surface area (Å²) in [5.74, 6) is 0. The summed E-state index contributed by atoms with van der Waals surface area (Å²) in [6, 6.07) is 2.28. The number of nitriles is 1. The van der Waals surface area contributed by atoms with Gasteiger partial charge < -0.3 is 5.32 Å². The molecule has 0 atom stereocenters. The third kappa shape index (κ3) is 3.00. The first-order valence-corrected chi connectivity index (χ1v) is 5.16. The van der Waals surface area contributed by atoms with Crippen molar-refractivity contribution in [3.8, 4) is 6.07 Å². The van der Waals surface area contributed by atoms with E-state index in [1.165, 1.54) is 12.8 Å². The van der Waals surface area contributed by atoms with Crippen LogP contribution < -0.4 is 5.32 Å². The lowest BCUT2D eigenvalue weighted by atomic mass is 9.98. The summed E-state index contributed by atoms with van der Waals surface area (Å²) in [6.45, 7) is 7.64. The fourth-order valence-electron chi connectivity index (χ4n) is 1.31. The SMILES string of the molecule is CCC(C)(C)NCC1(CC#N)CC1. The van der Waals surface area contributed by atoms with Crippen LogP contribution in [0.1, 0.15) is 46.5 Å². The van der Waals surface area contributed by atoms with Crippen LogP contribution in [-0.4, -0.2) is 12.1 Å². The van der Waals surface area contributed by atoms with Crippen LogP contribution in [0.4, 0.5) is 0 Å². The highest BCUT2D eigenvalue weighted by atomic mass is 15.0. The van der Waals surface area contributed by atoms with Gasteiger partial charge in [-0.2, -0.15) is 5.26 Å². The van der Waals surface area contributed by atoms with Crippen molar-refractivity contribution in [3.05, 3.63) is 0 Å². The molecule has 0 bridgehead atoms. The van der Waals surface area contributed by atoms with E-state index < -0.39 is 0 Å². The second-order valence-corrected chi connectivity index (χ2v) is 4.93. The zero-order valence-electron chi connectivity index (χ0n) is 8.98. The molecular formula is C11H20N2. The van der Waals surface area contributed by atoms with Crippen molar-refractivity contribution in [1.82, 2.24) is 5.32 Å². The summed E-state index contributed by atoms with van der Waals surface area (Å²) in [6.07, 6.45) is 4.32. The molecule has 13 heavy (non-hydrogen) atoms. The molecule has 0 spiro atoms. The average molecular weight is 180 g/mol. The van der Waals surface area contributed by atoms with E-state index in [2.05, 4.69) is 32.2 Å². The molecule has 1 aliphatic carbocycles. The zero-order valence-corrected chi connectivity index (χ0v) is 8.98. The third-order valence-corrected chi connectivity index (χ3v) is 3.24. The molecule has 1 saturated carbocycles. The molecule has 2 nitrogen and oxygen atoms in total. The quantitative estimate of drug-likeness (QED) is 0.705. The highest BCUT2D eigenvalue weighted by Crippen LogP contribution is 2.48. The second kappa shape index (κ2) is 3.67. The van der Waals surface area contributed by atoms with Gasteiger partial charge in [0.05, 0.1) is 6.07 Å². The molecule has 0 aromatic carbocycles. The molecular weight excluding hydrogens is 160 g/mol. The van der Waals surface area contributed by atoms with Gasteiger partial charge in [-0.25, -0.2) is 0 Å². The van der Waals surface area contributed by atoms with E-state index in [-0.39, 0.29) is 5.54 Å². The van der Waals surface area contributed by atoms with Crippen molar-refractivity contribution in [2.24, 2.45) is 5.41 Å². The summed E-state index contributed by atoms with van der Waals surface area (Å²) in [7, 11) is 0. The Balaban J connectivity index is 2.31. The minimum absolute atomic E-state index is 0.227. The Morgan fingerprint density at radius 1 is 1.46 bits per heavy atom. The van der Waals surface area contributed by atoms with Crippen LogP contribution in [0, 0.1) is 16.7 Å². The van der Waals surface area contributed by atoms with Crippen LogP contribution >= 0.6 is 0 Å². The normalized spacial score (nSPS) is 19.5. The van der Waals surface area contributed by atoms with E-state index in [4.69, 9.17) is 5.26 Å². The molecule has 0 aliphatic heterocycles. The van der Waals surface area contributed by atoms with Gasteiger partial charge in [-0.1, -0.05) is 6.92 Å². The predicted octanol–water partition coefficient (Wildman–Crippen LogP) is 2.46. The Morgan fingerprint density at radius 2 is 2.08 bits per heavy atom. The maximum atomic E-state index is 8.65. The van der Waals surface area contributed by atoms with Gasteiger partial charge in [-0.3, -0.25) is 0 Å². The Morgan fingerprint density at radius 3 is 2.46 bits per heavy atom. The Hall–Kier alpha value is -0.550. The lowest BCUT2D eigenvalue weighted by molar-refractivity contribution is 0.329. The molecule has 0 radical (unpaired) electrons. The van der Waals surface area contributed by atoms with Gasteiger partial charge >= 0.3 is 0 Å². The van der Waals surface area contributed by atoms with Crippen molar-refractivity contribution in [3.63, 3.8) is 0 Å². The molecule has 2 heteroatoms. The first kappa shape index (κ1) is 10.5. The average Bonchev–Trinajstić information content (AvgIpc) is 2.84. The minimum atomic E-state index is 0.227. The molecule has 0 saturated heterocycles. The molecule has 0 aromatic heterocycles. The lowest BCUT2D eigenvalue weighted by Gasteiger charge is -2.27. The summed E-state index contributed by atoms with van der Waals surface area (Å²) in [5.41, 5.74) is 0.562. The van der Waals surface area contributed by atoms with E-state index in [9.17, 15) is 0 Å². The first-order chi connectivity index (χ1) is 6.04. The largest absolute Gasteiger partial charge is 0.311 e. The molecule has 1 fully saturated rings. The zero-order chi connectivity index (χ0) is 9.95.